The summed E-state index contributed by atoms with van der Waals surface area (Å²) in [6, 6.07) is 4.87. The molecule has 8 heteroatoms. The first kappa shape index (κ1) is 14.4. The normalized spacial score (nSPS) is 14.2. The summed E-state index contributed by atoms with van der Waals surface area (Å²) in [5, 5.41) is 21.6. The molecule has 0 atom stereocenters. The summed E-state index contributed by atoms with van der Waals surface area (Å²) < 4.78 is 0. The molecule has 0 N–H and O–H groups in total. The maximum absolute atomic E-state index is 12.4. The Labute approximate surface area is 123 Å². The first-order valence-corrected chi connectivity index (χ1v) is 7.52. The van der Waals surface area contributed by atoms with Crippen LogP contribution in [0.4, 0.5) is 5.69 Å². The lowest BCUT2D eigenvalue weighted by molar-refractivity contribution is -0.387. The van der Waals surface area contributed by atoms with Gasteiger partial charge in [0.2, 0.25) is 0 Å². The monoisotopic (exact) mass is 307 g/mol. The fourth-order valence-corrected chi connectivity index (χ4v) is 3.50. The number of allylic oxidation sites excluding steroid dienone is 1. The van der Waals surface area contributed by atoms with Gasteiger partial charge in [0.1, 0.15) is 11.8 Å². The van der Waals surface area contributed by atoms with Crippen LogP contribution in [-0.4, -0.2) is 29.0 Å². The van der Waals surface area contributed by atoms with Crippen LogP contribution in [0, 0.1) is 21.4 Å². The van der Waals surface area contributed by atoms with E-state index in [1.807, 2.05) is 6.07 Å². The lowest BCUT2D eigenvalue weighted by Gasteiger charge is -2.16. The number of nitro groups is 1. The number of nitriles is 1. The number of carbonyl (C=O) groups is 1. The molecule has 0 fully saturated rings. The van der Waals surface area contributed by atoms with Gasteiger partial charge in [-0.25, -0.2) is 0 Å². The van der Waals surface area contributed by atoms with Crippen LogP contribution >= 0.6 is 23.5 Å². The molecule has 0 saturated heterocycles. The van der Waals surface area contributed by atoms with Crippen molar-refractivity contribution >= 4 is 35.1 Å². The highest BCUT2D eigenvalue weighted by Gasteiger charge is 2.30. The van der Waals surface area contributed by atoms with E-state index in [9.17, 15) is 14.9 Å². The molecule has 1 heterocycles. The van der Waals surface area contributed by atoms with Gasteiger partial charge < -0.3 is 4.90 Å². The van der Waals surface area contributed by atoms with E-state index in [1.54, 1.807) is 17.7 Å². The molecule has 0 unspecified atom stereocenters. The van der Waals surface area contributed by atoms with Crippen LogP contribution < -0.4 is 0 Å². The molecular formula is C12H9N3O3S2. The molecule has 1 aromatic rings. The number of benzene rings is 1. The Kier molecular flexibility index (Phi) is 4.01. The topological polar surface area (TPSA) is 87.2 Å². The number of nitro benzene ring substituents is 1. The lowest BCUT2D eigenvalue weighted by atomic mass is 10.1. The zero-order valence-electron chi connectivity index (χ0n) is 10.6. The number of thioether (sulfide) groups is 2. The minimum atomic E-state index is -0.506. The average Bonchev–Trinajstić information content (AvgIpc) is 2.56. The fourth-order valence-electron chi connectivity index (χ4n) is 1.78. The second-order valence-electron chi connectivity index (χ2n) is 3.85. The number of amides is 1. The maximum Gasteiger partial charge on any atom is 0.283 e. The van der Waals surface area contributed by atoms with Crippen molar-refractivity contribution in [2.75, 3.05) is 13.3 Å². The van der Waals surface area contributed by atoms with Crippen molar-refractivity contribution in [3.8, 4) is 6.07 Å². The molecule has 1 aromatic carbocycles. The lowest BCUT2D eigenvalue weighted by Crippen LogP contribution is -2.25. The largest absolute Gasteiger partial charge is 0.302 e. The van der Waals surface area contributed by atoms with E-state index in [0.717, 1.165) is 11.8 Å². The van der Waals surface area contributed by atoms with E-state index < -0.39 is 10.8 Å². The van der Waals surface area contributed by atoms with E-state index in [2.05, 4.69) is 0 Å². The minimum absolute atomic E-state index is 0.0981. The van der Waals surface area contributed by atoms with Crippen molar-refractivity contribution in [3.05, 3.63) is 38.9 Å². The molecule has 102 valence electrons. The molecule has 0 spiro atoms. The highest BCUT2D eigenvalue weighted by atomic mass is 32.2. The third kappa shape index (κ3) is 2.26. The summed E-state index contributed by atoms with van der Waals surface area (Å²) >= 11 is 2.37. The molecular weight excluding hydrogens is 298 g/mol. The predicted octanol–water partition coefficient (Wildman–Crippen LogP) is 2.86. The van der Waals surface area contributed by atoms with Crippen LogP contribution in [0.15, 0.2) is 33.0 Å². The van der Waals surface area contributed by atoms with Crippen LogP contribution in [0.5, 0.6) is 0 Å². The molecule has 20 heavy (non-hydrogen) atoms. The summed E-state index contributed by atoms with van der Waals surface area (Å²) in [7, 11) is 1.48. The molecule has 0 saturated carbocycles. The van der Waals surface area contributed by atoms with Crippen molar-refractivity contribution in [1.29, 1.82) is 5.26 Å². The third-order valence-corrected chi connectivity index (χ3v) is 4.55. The van der Waals surface area contributed by atoms with E-state index in [4.69, 9.17) is 5.26 Å². The number of hydrogen-bond acceptors (Lipinski definition) is 6. The Hall–Kier alpha value is -1.98. The highest BCUT2D eigenvalue weighted by Crippen LogP contribution is 2.40. The highest BCUT2D eigenvalue weighted by molar-refractivity contribution is 8.02. The molecule has 6 nitrogen and oxygen atoms in total. The van der Waals surface area contributed by atoms with Gasteiger partial charge in [-0.15, -0.1) is 11.8 Å². The molecule has 0 aromatic heterocycles. The van der Waals surface area contributed by atoms with Crippen LogP contribution in [0.3, 0.4) is 0 Å². The zero-order chi connectivity index (χ0) is 14.9. The van der Waals surface area contributed by atoms with Crippen LogP contribution in [0.1, 0.15) is 10.4 Å². The first-order chi connectivity index (χ1) is 9.51. The van der Waals surface area contributed by atoms with Crippen molar-refractivity contribution in [3.63, 3.8) is 0 Å². The zero-order valence-corrected chi connectivity index (χ0v) is 12.2. The van der Waals surface area contributed by atoms with Gasteiger partial charge in [0.25, 0.3) is 11.6 Å². The Bertz CT molecular complexity index is 679. The number of carbonyl (C=O) groups excluding carboxylic acids is 1. The number of hydrogen-bond donors (Lipinski definition) is 0. The molecule has 0 bridgehead atoms. The van der Waals surface area contributed by atoms with Gasteiger partial charge in [0, 0.05) is 23.4 Å². The maximum atomic E-state index is 12.4. The van der Waals surface area contributed by atoms with Gasteiger partial charge in [0.05, 0.1) is 15.4 Å². The Morgan fingerprint density at radius 1 is 1.50 bits per heavy atom. The standard InChI is InChI=1S/C12H9N3O3S2/c1-14-7(5-13)6-20-9-4-3-8(15(17)18)11(19-2)10(9)12(14)16/h3-4,6H,1-2H3. The van der Waals surface area contributed by atoms with Crippen LogP contribution in [0.25, 0.3) is 0 Å². The minimum Gasteiger partial charge on any atom is -0.302 e. The summed E-state index contributed by atoms with van der Waals surface area (Å²) in [5.74, 6) is -0.411. The molecule has 0 aliphatic carbocycles. The average molecular weight is 307 g/mol. The van der Waals surface area contributed by atoms with Gasteiger partial charge in [-0.3, -0.25) is 14.9 Å². The summed E-state index contributed by atoms with van der Waals surface area (Å²) in [6.07, 6.45) is 1.68. The van der Waals surface area contributed by atoms with Crippen LogP contribution in [-0.2, 0) is 0 Å². The van der Waals surface area contributed by atoms with Crippen molar-refractivity contribution in [1.82, 2.24) is 4.90 Å². The van der Waals surface area contributed by atoms with E-state index >= 15 is 0 Å². The van der Waals surface area contributed by atoms with Crippen molar-refractivity contribution in [2.24, 2.45) is 0 Å². The second kappa shape index (κ2) is 5.56. The Morgan fingerprint density at radius 2 is 2.20 bits per heavy atom. The van der Waals surface area contributed by atoms with Crippen molar-refractivity contribution < 1.29 is 9.72 Å². The van der Waals surface area contributed by atoms with Crippen LogP contribution in [0.2, 0.25) is 0 Å². The number of fused-ring (bicyclic) bond motifs is 1. The summed E-state index contributed by atoms with van der Waals surface area (Å²) in [6.45, 7) is 0. The quantitative estimate of drug-likeness (QED) is 0.474. The molecule has 1 aliphatic rings. The van der Waals surface area contributed by atoms with Crippen molar-refractivity contribution in [2.45, 2.75) is 9.79 Å². The summed E-state index contributed by atoms with van der Waals surface area (Å²) in [4.78, 5) is 25.1. The smallest absolute Gasteiger partial charge is 0.283 e. The fraction of sp³-hybridized carbons (Fsp3) is 0.167. The third-order valence-electron chi connectivity index (χ3n) is 2.79. The van der Waals surface area contributed by atoms with Gasteiger partial charge in [-0.05, 0) is 12.3 Å². The van der Waals surface area contributed by atoms with Gasteiger partial charge in [0.15, 0.2) is 0 Å². The number of rotatable bonds is 2. The molecule has 0 radical (unpaired) electrons. The first-order valence-electron chi connectivity index (χ1n) is 5.41. The van der Waals surface area contributed by atoms with E-state index in [1.165, 1.54) is 29.8 Å². The summed E-state index contributed by atoms with van der Waals surface area (Å²) in [5.41, 5.74) is 0.394. The Morgan fingerprint density at radius 3 is 2.75 bits per heavy atom. The number of nitrogens with zero attached hydrogens (tertiary/aromatic N) is 3. The molecule has 1 aliphatic heterocycles. The molecule has 1 amide bonds. The molecule has 2 rings (SSSR count). The Balaban J connectivity index is 2.70. The second-order valence-corrected chi connectivity index (χ2v) is 5.57. The van der Waals surface area contributed by atoms with Gasteiger partial charge in [-0.1, -0.05) is 11.8 Å². The van der Waals surface area contributed by atoms with Gasteiger partial charge in [-0.2, -0.15) is 5.26 Å². The predicted molar refractivity (Wildman–Crippen MR) is 76.5 cm³/mol. The SMILES string of the molecule is CSc1c([N+](=O)[O-])ccc2c1C(=O)N(C)C(C#N)=CS2. The van der Waals surface area contributed by atoms with Gasteiger partial charge >= 0.3 is 0 Å². The van der Waals surface area contributed by atoms with E-state index in [0.29, 0.717) is 9.79 Å². The van der Waals surface area contributed by atoms with E-state index in [-0.39, 0.29) is 16.9 Å².